The number of rotatable bonds is 5. The van der Waals surface area contributed by atoms with Crippen LogP contribution < -0.4 is 0 Å². The molecule has 2 aromatic rings. The molecule has 0 amide bonds. The van der Waals surface area contributed by atoms with Gasteiger partial charge in [0.1, 0.15) is 5.69 Å². The first-order chi connectivity index (χ1) is 9.55. The molecule has 1 heterocycles. The number of hydrogen-bond acceptors (Lipinski definition) is 2. The molecule has 0 aliphatic carbocycles. The number of carbonyl (C=O) groups excluding carboxylic acids is 1. The maximum absolute atomic E-state index is 12.4. The van der Waals surface area contributed by atoms with Gasteiger partial charge in [-0.2, -0.15) is 5.10 Å². The fourth-order valence-electron chi connectivity index (χ4n) is 2.03. The van der Waals surface area contributed by atoms with E-state index < -0.39 is 0 Å². The molecular formula is C15H16Cl2N2O. The molecule has 106 valence electrons. The normalized spacial score (nSPS) is 10.8. The van der Waals surface area contributed by atoms with Crippen LogP contribution in [0, 0.1) is 0 Å². The van der Waals surface area contributed by atoms with Crippen LogP contribution in [0.25, 0.3) is 0 Å². The van der Waals surface area contributed by atoms with Crippen molar-refractivity contribution in [3.63, 3.8) is 0 Å². The Kier molecular flexibility index (Phi) is 4.84. The standard InChI is InChI=1S/C15H16Cl2N2O/c1-3-11-9-14(19(4-2)18-11)15(20)8-10-5-6-12(16)13(17)7-10/h5-7,9H,3-4,8H2,1-2H3. The molecule has 0 N–H and O–H groups in total. The quantitative estimate of drug-likeness (QED) is 0.776. The minimum atomic E-state index is 0.0393. The third-order valence-corrected chi connectivity index (χ3v) is 3.87. The van der Waals surface area contributed by atoms with Gasteiger partial charge in [0.25, 0.3) is 0 Å². The fourth-order valence-corrected chi connectivity index (χ4v) is 2.35. The summed E-state index contributed by atoms with van der Waals surface area (Å²) in [7, 11) is 0. The number of benzene rings is 1. The highest BCUT2D eigenvalue weighted by Crippen LogP contribution is 2.23. The lowest BCUT2D eigenvalue weighted by molar-refractivity contribution is 0.0983. The molecule has 0 saturated heterocycles. The Balaban J connectivity index is 2.23. The summed E-state index contributed by atoms with van der Waals surface area (Å²) in [6.45, 7) is 4.68. The van der Waals surface area contributed by atoms with Gasteiger partial charge >= 0.3 is 0 Å². The van der Waals surface area contributed by atoms with Gasteiger partial charge in [-0.15, -0.1) is 0 Å². The van der Waals surface area contributed by atoms with Gasteiger partial charge in [0.15, 0.2) is 5.78 Å². The van der Waals surface area contributed by atoms with Crippen molar-refractivity contribution >= 4 is 29.0 Å². The number of ketones is 1. The largest absolute Gasteiger partial charge is 0.292 e. The van der Waals surface area contributed by atoms with E-state index >= 15 is 0 Å². The van der Waals surface area contributed by atoms with Crippen molar-refractivity contribution in [1.29, 1.82) is 0 Å². The summed E-state index contributed by atoms with van der Waals surface area (Å²) >= 11 is 11.8. The Bertz CT molecular complexity index is 635. The SMILES string of the molecule is CCc1cc(C(=O)Cc2ccc(Cl)c(Cl)c2)n(CC)n1. The lowest BCUT2D eigenvalue weighted by atomic mass is 10.1. The van der Waals surface area contributed by atoms with Gasteiger partial charge < -0.3 is 0 Å². The minimum absolute atomic E-state index is 0.0393. The predicted octanol–water partition coefficient (Wildman–Crippen LogP) is 4.20. The zero-order valence-corrected chi connectivity index (χ0v) is 13.0. The molecule has 2 rings (SSSR count). The number of aromatic nitrogens is 2. The minimum Gasteiger partial charge on any atom is -0.292 e. The van der Waals surface area contributed by atoms with E-state index in [1.54, 1.807) is 16.8 Å². The van der Waals surface area contributed by atoms with Crippen molar-refractivity contribution in [3.8, 4) is 0 Å². The molecule has 5 heteroatoms. The first kappa shape index (κ1) is 15.1. The van der Waals surface area contributed by atoms with Gasteiger partial charge in [-0.3, -0.25) is 9.48 Å². The van der Waals surface area contributed by atoms with Crippen LogP contribution in [0.4, 0.5) is 0 Å². The predicted molar refractivity (Wildman–Crippen MR) is 81.8 cm³/mol. The molecule has 1 aromatic heterocycles. The number of hydrogen-bond donors (Lipinski definition) is 0. The summed E-state index contributed by atoms with van der Waals surface area (Å²) < 4.78 is 1.75. The van der Waals surface area contributed by atoms with Crippen LogP contribution >= 0.6 is 23.2 Å². The van der Waals surface area contributed by atoms with Crippen LogP contribution in [0.15, 0.2) is 24.3 Å². The van der Waals surface area contributed by atoms with E-state index in [0.717, 1.165) is 17.7 Å². The van der Waals surface area contributed by atoms with E-state index in [4.69, 9.17) is 23.2 Å². The smallest absolute Gasteiger partial charge is 0.185 e. The van der Waals surface area contributed by atoms with Crippen LogP contribution in [0.1, 0.15) is 35.6 Å². The summed E-state index contributed by atoms with van der Waals surface area (Å²) in [5, 5.41) is 5.35. The number of halogens is 2. The zero-order valence-electron chi connectivity index (χ0n) is 11.5. The molecule has 20 heavy (non-hydrogen) atoms. The molecule has 0 atom stereocenters. The first-order valence-electron chi connectivity index (χ1n) is 6.59. The van der Waals surface area contributed by atoms with E-state index in [9.17, 15) is 4.79 Å². The van der Waals surface area contributed by atoms with Crippen molar-refractivity contribution in [2.24, 2.45) is 0 Å². The van der Waals surface area contributed by atoms with E-state index in [0.29, 0.717) is 28.7 Å². The lowest BCUT2D eigenvalue weighted by Gasteiger charge is -2.05. The molecule has 0 aliphatic heterocycles. The van der Waals surface area contributed by atoms with Crippen LogP contribution in [-0.4, -0.2) is 15.6 Å². The average Bonchev–Trinajstić information content (AvgIpc) is 2.86. The fraction of sp³-hybridized carbons (Fsp3) is 0.333. The van der Waals surface area contributed by atoms with E-state index in [-0.39, 0.29) is 5.78 Å². The van der Waals surface area contributed by atoms with Crippen LogP contribution in [0.3, 0.4) is 0 Å². The van der Waals surface area contributed by atoms with Gasteiger partial charge in [-0.25, -0.2) is 0 Å². The van der Waals surface area contributed by atoms with Crippen LogP contribution in [0.2, 0.25) is 10.0 Å². The highest BCUT2D eigenvalue weighted by Gasteiger charge is 2.15. The van der Waals surface area contributed by atoms with Crippen molar-refractivity contribution in [3.05, 3.63) is 51.3 Å². The summed E-state index contributed by atoms with van der Waals surface area (Å²) in [4.78, 5) is 12.4. The molecule has 0 saturated carbocycles. The molecular weight excluding hydrogens is 295 g/mol. The molecule has 0 unspecified atom stereocenters. The zero-order chi connectivity index (χ0) is 14.7. The average molecular weight is 311 g/mol. The monoisotopic (exact) mass is 310 g/mol. The Labute approximate surface area is 128 Å². The molecule has 0 radical (unpaired) electrons. The van der Waals surface area contributed by atoms with Gasteiger partial charge in [-0.1, -0.05) is 36.2 Å². The number of Topliss-reactive ketones (excluding diaryl/α,β-unsaturated/α-hetero) is 1. The molecule has 1 aromatic carbocycles. The van der Waals surface area contributed by atoms with Crippen molar-refractivity contribution < 1.29 is 4.79 Å². The third-order valence-electron chi connectivity index (χ3n) is 3.13. The molecule has 0 aliphatic rings. The van der Waals surface area contributed by atoms with Crippen molar-refractivity contribution in [2.75, 3.05) is 0 Å². The first-order valence-corrected chi connectivity index (χ1v) is 7.34. The molecule has 0 bridgehead atoms. The highest BCUT2D eigenvalue weighted by atomic mass is 35.5. The number of carbonyl (C=O) groups is 1. The summed E-state index contributed by atoms with van der Waals surface area (Å²) in [6.07, 6.45) is 1.12. The molecule has 3 nitrogen and oxygen atoms in total. The van der Waals surface area contributed by atoms with Gasteiger partial charge in [0, 0.05) is 13.0 Å². The molecule has 0 spiro atoms. The van der Waals surface area contributed by atoms with Crippen LogP contribution in [-0.2, 0) is 19.4 Å². The second-order valence-corrected chi connectivity index (χ2v) is 5.35. The van der Waals surface area contributed by atoms with Gasteiger partial charge in [-0.05, 0) is 37.1 Å². The summed E-state index contributed by atoms with van der Waals surface area (Å²) in [6, 6.07) is 7.12. The molecule has 0 fully saturated rings. The maximum atomic E-state index is 12.4. The second kappa shape index (κ2) is 6.42. The Morgan fingerprint density at radius 2 is 1.95 bits per heavy atom. The highest BCUT2D eigenvalue weighted by molar-refractivity contribution is 6.42. The Morgan fingerprint density at radius 1 is 1.20 bits per heavy atom. The van der Waals surface area contributed by atoms with E-state index in [1.165, 1.54) is 0 Å². The van der Waals surface area contributed by atoms with Crippen molar-refractivity contribution in [1.82, 2.24) is 9.78 Å². The van der Waals surface area contributed by atoms with Crippen molar-refractivity contribution in [2.45, 2.75) is 33.2 Å². The number of nitrogens with zero attached hydrogens (tertiary/aromatic N) is 2. The summed E-state index contributed by atoms with van der Waals surface area (Å²) in [5.41, 5.74) is 2.44. The van der Waals surface area contributed by atoms with E-state index in [1.807, 2.05) is 26.0 Å². The van der Waals surface area contributed by atoms with Gasteiger partial charge in [0.2, 0.25) is 0 Å². The van der Waals surface area contributed by atoms with E-state index in [2.05, 4.69) is 5.10 Å². The topological polar surface area (TPSA) is 34.9 Å². The lowest BCUT2D eigenvalue weighted by Crippen LogP contribution is -2.11. The maximum Gasteiger partial charge on any atom is 0.185 e. The number of aryl methyl sites for hydroxylation is 2. The Hall–Kier alpha value is -1.32. The van der Waals surface area contributed by atoms with Crippen LogP contribution in [0.5, 0.6) is 0 Å². The second-order valence-electron chi connectivity index (χ2n) is 4.54. The summed E-state index contributed by atoms with van der Waals surface area (Å²) in [5.74, 6) is 0.0393. The van der Waals surface area contributed by atoms with Gasteiger partial charge in [0.05, 0.1) is 15.7 Å². The third kappa shape index (κ3) is 3.22. The Morgan fingerprint density at radius 3 is 2.55 bits per heavy atom.